The first-order chi connectivity index (χ1) is 9.36. The number of alkyl halides is 3. The van der Waals surface area contributed by atoms with Gasteiger partial charge < -0.3 is 9.47 Å². The van der Waals surface area contributed by atoms with E-state index in [0.29, 0.717) is 5.75 Å². The van der Waals surface area contributed by atoms with Crippen molar-refractivity contribution in [2.75, 3.05) is 13.2 Å². The number of rotatable bonds is 4. The summed E-state index contributed by atoms with van der Waals surface area (Å²) in [5, 5.41) is 12.6. The van der Waals surface area contributed by atoms with Crippen LogP contribution in [0.1, 0.15) is 0 Å². The van der Waals surface area contributed by atoms with Gasteiger partial charge in [0.25, 0.3) is 5.69 Å². The van der Waals surface area contributed by atoms with E-state index in [1.165, 1.54) is 24.3 Å². The molecule has 0 aliphatic carbocycles. The Morgan fingerprint density at radius 2 is 2.05 bits per heavy atom. The van der Waals surface area contributed by atoms with Crippen LogP contribution in [0.3, 0.4) is 0 Å². The molecular formula is C11H11F3N2O4. The van der Waals surface area contributed by atoms with Crippen molar-refractivity contribution in [3.63, 3.8) is 0 Å². The molecule has 1 aromatic rings. The average molecular weight is 292 g/mol. The van der Waals surface area contributed by atoms with E-state index in [1.54, 1.807) is 0 Å². The Morgan fingerprint density at radius 1 is 1.40 bits per heavy atom. The molecule has 6 nitrogen and oxygen atoms in total. The van der Waals surface area contributed by atoms with Gasteiger partial charge in [-0.05, 0) is 12.1 Å². The van der Waals surface area contributed by atoms with E-state index in [9.17, 15) is 23.3 Å². The van der Waals surface area contributed by atoms with Crippen molar-refractivity contribution in [2.24, 2.45) is 0 Å². The summed E-state index contributed by atoms with van der Waals surface area (Å²) >= 11 is 0. The molecule has 9 heteroatoms. The predicted molar refractivity (Wildman–Crippen MR) is 61.3 cm³/mol. The number of nitrogens with zero attached hydrogens (tertiary/aromatic N) is 1. The molecular weight excluding hydrogens is 281 g/mol. The first kappa shape index (κ1) is 14.5. The minimum Gasteiger partial charge on any atom is -0.491 e. The summed E-state index contributed by atoms with van der Waals surface area (Å²) in [4.78, 5) is 9.89. The first-order valence-electron chi connectivity index (χ1n) is 5.69. The third kappa shape index (κ3) is 3.58. The van der Waals surface area contributed by atoms with Crippen LogP contribution >= 0.6 is 0 Å². The minimum atomic E-state index is -4.46. The minimum absolute atomic E-state index is 0.0250. The lowest BCUT2D eigenvalue weighted by Gasteiger charge is -2.15. The van der Waals surface area contributed by atoms with E-state index < -0.39 is 23.4 Å². The maximum Gasteiger partial charge on any atom is 0.428 e. The van der Waals surface area contributed by atoms with Gasteiger partial charge in [-0.25, -0.2) is 0 Å². The summed E-state index contributed by atoms with van der Waals surface area (Å²) in [6, 6.07) is 5.26. The highest BCUT2D eigenvalue weighted by Crippen LogP contribution is 2.25. The summed E-state index contributed by atoms with van der Waals surface area (Å²) in [5.41, 5.74) is -0.0896. The fraction of sp³-hybridized carbons (Fsp3) is 0.455. The number of halogens is 3. The lowest BCUT2D eigenvalue weighted by Crippen LogP contribution is -2.38. The number of nitro benzene ring substituents is 1. The van der Waals surface area contributed by atoms with Crippen molar-refractivity contribution in [2.45, 2.75) is 18.5 Å². The van der Waals surface area contributed by atoms with Gasteiger partial charge in [0.1, 0.15) is 18.5 Å². The van der Waals surface area contributed by atoms with Crippen LogP contribution in [-0.4, -0.2) is 36.6 Å². The van der Waals surface area contributed by atoms with Gasteiger partial charge in [0, 0.05) is 18.7 Å². The summed E-state index contributed by atoms with van der Waals surface area (Å²) in [7, 11) is 0. The SMILES string of the molecule is O=[N+]([O-])c1ccc(OC[C@@H]2CN[C@@H](C(F)(F)F)O2)cc1. The van der Waals surface area contributed by atoms with Crippen molar-refractivity contribution >= 4 is 5.69 Å². The molecule has 1 heterocycles. The lowest BCUT2D eigenvalue weighted by molar-refractivity contribution is -0.384. The topological polar surface area (TPSA) is 73.6 Å². The number of ether oxygens (including phenoxy) is 2. The third-order valence-corrected chi connectivity index (χ3v) is 2.64. The van der Waals surface area contributed by atoms with E-state index in [4.69, 9.17) is 9.47 Å². The zero-order valence-corrected chi connectivity index (χ0v) is 10.1. The first-order valence-corrected chi connectivity index (χ1v) is 5.69. The number of benzene rings is 1. The van der Waals surface area contributed by atoms with Crippen LogP contribution in [0.4, 0.5) is 18.9 Å². The zero-order valence-electron chi connectivity index (χ0n) is 10.1. The maximum atomic E-state index is 12.3. The Morgan fingerprint density at radius 3 is 2.55 bits per heavy atom. The van der Waals surface area contributed by atoms with Gasteiger partial charge in [-0.15, -0.1) is 0 Å². The molecule has 1 aliphatic rings. The number of non-ortho nitro benzene ring substituents is 1. The lowest BCUT2D eigenvalue weighted by atomic mass is 10.3. The molecule has 1 N–H and O–H groups in total. The maximum absolute atomic E-state index is 12.3. The molecule has 0 bridgehead atoms. The van der Waals surface area contributed by atoms with Gasteiger partial charge >= 0.3 is 6.18 Å². The fourth-order valence-electron chi connectivity index (χ4n) is 1.67. The van der Waals surface area contributed by atoms with Crippen LogP contribution in [0.15, 0.2) is 24.3 Å². The van der Waals surface area contributed by atoms with Crippen LogP contribution < -0.4 is 10.1 Å². The van der Waals surface area contributed by atoms with E-state index in [0.717, 1.165) is 0 Å². The molecule has 0 amide bonds. The molecule has 0 saturated carbocycles. The summed E-state index contributed by atoms with van der Waals surface area (Å²) < 4.78 is 46.9. The van der Waals surface area contributed by atoms with Crippen LogP contribution in [0.2, 0.25) is 0 Å². The highest BCUT2D eigenvalue weighted by molar-refractivity contribution is 5.35. The normalized spacial score (nSPS) is 22.8. The molecule has 2 atom stereocenters. The second-order valence-corrected chi connectivity index (χ2v) is 4.15. The number of nitrogens with one attached hydrogen (secondary N) is 1. The molecule has 2 rings (SSSR count). The fourth-order valence-corrected chi connectivity index (χ4v) is 1.67. The van der Waals surface area contributed by atoms with E-state index in [-0.39, 0.29) is 18.8 Å². The highest BCUT2D eigenvalue weighted by Gasteiger charge is 2.45. The molecule has 1 aromatic carbocycles. The van der Waals surface area contributed by atoms with Crippen LogP contribution in [0, 0.1) is 10.1 Å². The van der Waals surface area contributed by atoms with Gasteiger partial charge in [0.05, 0.1) is 4.92 Å². The Balaban J connectivity index is 1.83. The number of hydrogen-bond donors (Lipinski definition) is 1. The highest BCUT2D eigenvalue weighted by atomic mass is 19.4. The second kappa shape index (κ2) is 5.63. The van der Waals surface area contributed by atoms with E-state index in [1.807, 2.05) is 0 Å². The Kier molecular flexibility index (Phi) is 4.09. The Bertz CT molecular complexity index is 478. The smallest absolute Gasteiger partial charge is 0.428 e. The molecule has 0 spiro atoms. The standard InChI is InChI=1S/C11H11F3N2O4/c12-11(13,14)10-15-5-9(20-10)6-19-8-3-1-7(2-4-8)16(17)18/h1-4,9-10,15H,5-6H2/t9-,10+/m0/s1. The molecule has 1 fully saturated rings. The van der Waals surface area contributed by atoms with E-state index >= 15 is 0 Å². The molecule has 1 aliphatic heterocycles. The largest absolute Gasteiger partial charge is 0.491 e. The predicted octanol–water partition coefficient (Wildman–Crippen LogP) is 1.85. The molecule has 0 radical (unpaired) electrons. The molecule has 0 aromatic heterocycles. The summed E-state index contributed by atoms with van der Waals surface area (Å²) in [6.45, 7) is -0.0471. The Labute approximate surface area is 111 Å². The second-order valence-electron chi connectivity index (χ2n) is 4.15. The molecule has 1 saturated heterocycles. The zero-order chi connectivity index (χ0) is 14.8. The van der Waals surface area contributed by atoms with Gasteiger partial charge in [0.2, 0.25) is 6.23 Å². The van der Waals surface area contributed by atoms with E-state index in [2.05, 4.69) is 5.32 Å². The van der Waals surface area contributed by atoms with Gasteiger partial charge in [-0.3, -0.25) is 15.4 Å². The van der Waals surface area contributed by atoms with Gasteiger partial charge in [-0.2, -0.15) is 13.2 Å². The van der Waals surface area contributed by atoms with Crippen molar-refractivity contribution in [3.8, 4) is 5.75 Å². The molecule has 0 unspecified atom stereocenters. The van der Waals surface area contributed by atoms with Crippen molar-refractivity contribution in [1.82, 2.24) is 5.32 Å². The molecule has 110 valence electrons. The van der Waals surface area contributed by atoms with Gasteiger partial charge in [0.15, 0.2) is 0 Å². The number of hydrogen-bond acceptors (Lipinski definition) is 5. The van der Waals surface area contributed by atoms with Crippen molar-refractivity contribution in [1.29, 1.82) is 0 Å². The van der Waals surface area contributed by atoms with Crippen molar-refractivity contribution in [3.05, 3.63) is 34.4 Å². The third-order valence-electron chi connectivity index (χ3n) is 2.64. The summed E-state index contributed by atoms with van der Waals surface area (Å²) in [5.74, 6) is 0.328. The van der Waals surface area contributed by atoms with Crippen LogP contribution in [-0.2, 0) is 4.74 Å². The quantitative estimate of drug-likeness (QED) is 0.677. The monoisotopic (exact) mass is 292 g/mol. The average Bonchev–Trinajstić information content (AvgIpc) is 2.85. The van der Waals surface area contributed by atoms with Crippen LogP contribution in [0.5, 0.6) is 5.75 Å². The van der Waals surface area contributed by atoms with Crippen LogP contribution in [0.25, 0.3) is 0 Å². The number of nitro groups is 1. The van der Waals surface area contributed by atoms with Crippen molar-refractivity contribution < 1.29 is 27.6 Å². The van der Waals surface area contributed by atoms with Gasteiger partial charge in [-0.1, -0.05) is 0 Å². The summed E-state index contributed by atoms with van der Waals surface area (Å²) in [6.07, 6.45) is -7.16. The Hall–Kier alpha value is -1.87. The molecule has 20 heavy (non-hydrogen) atoms.